The molecule has 5 nitrogen and oxygen atoms in total. The number of carbonyl (C=O) groups is 2. The summed E-state index contributed by atoms with van der Waals surface area (Å²) in [6.07, 6.45) is 0.385. The molecule has 0 radical (unpaired) electrons. The van der Waals surface area contributed by atoms with Gasteiger partial charge < -0.3 is 15.7 Å². The minimum atomic E-state index is -0.872. The second kappa shape index (κ2) is 6.74. The van der Waals surface area contributed by atoms with Gasteiger partial charge in [0.25, 0.3) is 0 Å². The van der Waals surface area contributed by atoms with E-state index in [0.29, 0.717) is 12.1 Å². The van der Waals surface area contributed by atoms with Gasteiger partial charge in [-0.05, 0) is 44.9 Å². The van der Waals surface area contributed by atoms with E-state index in [2.05, 4.69) is 26.6 Å². The molecule has 110 valence electrons. The standard InChI is InChI=1S/C14H19BrN2O3/c1-9-4-5-10(15)8-11(9)16-13(20)17-14(2,3)7-6-12(18)19/h4-5,8H,6-7H2,1-3H3,(H,18,19)(H2,16,17,20). The third-order valence-electron chi connectivity index (χ3n) is 2.86. The van der Waals surface area contributed by atoms with Crippen LogP contribution in [-0.2, 0) is 4.79 Å². The van der Waals surface area contributed by atoms with E-state index in [1.54, 1.807) is 13.8 Å². The average Bonchev–Trinajstić information content (AvgIpc) is 2.31. The summed E-state index contributed by atoms with van der Waals surface area (Å²) in [6, 6.07) is 5.27. The highest BCUT2D eigenvalue weighted by Crippen LogP contribution is 2.21. The molecular formula is C14H19BrN2O3. The molecule has 0 spiro atoms. The van der Waals surface area contributed by atoms with Gasteiger partial charge in [-0.1, -0.05) is 22.0 Å². The number of aryl methyl sites for hydroxylation is 1. The molecule has 0 aliphatic carbocycles. The maximum absolute atomic E-state index is 12.0. The number of carboxylic acid groups (broad SMARTS) is 1. The number of halogens is 1. The van der Waals surface area contributed by atoms with Gasteiger partial charge >= 0.3 is 12.0 Å². The van der Waals surface area contributed by atoms with E-state index >= 15 is 0 Å². The van der Waals surface area contributed by atoms with Crippen LogP contribution in [0.15, 0.2) is 22.7 Å². The van der Waals surface area contributed by atoms with Crippen LogP contribution in [0.5, 0.6) is 0 Å². The van der Waals surface area contributed by atoms with Crippen molar-refractivity contribution in [2.24, 2.45) is 0 Å². The van der Waals surface area contributed by atoms with Gasteiger partial charge in [-0.15, -0.1) is 0 Å². The Hall–Kier alpha value is -1.56. The fraction of sp³-hybridized carbons (Fsp3) is 0.429. The first-order valence-corrected chi connectivity index (χ1v) is 7.06. The fourth-order valence-corrected chi connectivity index (χ4v) is 2.03. The van der Waals surface area contributed by atoms with E-state index in [1.165, 1.54) is 0 Å². The second-order valence-corrected chi connectivity index (χ2v) is 6.23. The monoisotopic (exact) mass is 342 g/mol. The van der Waals surface area contributed by atoms with E-state index in [1.807, 2.05) is 25.1 Å². The number of amides is 2. The quantitative estimate of drug-likeness (QED) is 0.765. The first-order valence-electron chi connectivity index (χ1n) is 6.27. The van der Waals surface area contributed by atoms with Crippen LogP contribution in [0.2, 0.25) is 0 Å². The highest BCUT2D eigenvalue weighted by atomic mass is 79.9. The van der Waals surface area contributed by atoms with Crippen LogP contribution in [0.4, 0.5) is 10.5 Å². The Labute approximate surface area is 126 Å². The van der Waals surface area contributed by atoms with E-state index < -0.39 is 11.5 Å². The zero-order valence-corrected chi connectivity index (χ0v) is 13.4. The molecule has 0 saturated heterocycles. The molecule has 1 rings (SSSR count). The lowest BCUT2D eigenvalue weighted by molar-refractivity contribution is -0.137. The molecule has 6 heteroatoms. The summed E-state index contributed by atoms with van der Waals surface area (Å²) in [7, 11) is 0. The number of nitrogens with one attached hydrogen (secondary N) is 2. The maximum Gasteiger partial charge on any atom is 0.319 e. The largest absolute Gasteiger partial charge is 0.481 e. The topological polar surface area (TPSA) is 78.4 Å². The SMILES string of the molecule is Cc1ccc(Br)cc1NC(=O)NC(C)(C)CCC(=O)O. The predicted octanol–water partition coefficient (Wildman–Crippen LogP) is 3.52. The molecule has 0 atom stereocenters. The smallest absolute Gasteiger partial charge is 0.319 e. The first-order chi connectivity index (χ1) is 9.19. The van der Waals surface area contributed by atoms with E-state index in [4.69, 9.17) is 5.11 Å². The Morgan fingerprint density at radius 2 is 2.00 bits per heavy atom. The molecule has 0 fully saturated rings. The third kappa shape index (κ3) is 5.61. The predicted molar refractivity (Wildman–Crippen MR) is 82.0 cm³/mol. The Morgan fingerprint density at radius 1 is 1.35 bits per heavy atom. The number of anilines is 1. The lowest BCUT2D eigenvalue weighted by Gasteiger charge is -2.26. The molecule has 3 N–H and O–H groups in total. The van der Waals surface area contributed by atoms with E-state index in [9.17, 15) is 9.59 Å². The number of rotatable bonds is 5. The van der Waals surface area contributed by atoms with Crippen molar-refractivity contribution in [1.29, 1.82) is 0 Å². The van der Waals surface area contributed by atoms with Gasteiger partial charge in [-0.25, -0.2) is 4.79 Å². The van der Waals surface area contributed by atoms with Crippen LogP contribution in [0.1, 0.15) is 32.3 Å². The van der Waals surface area contributed by atoms with Gasteiger partial charge in [0.1, 0.15) is 0 Å². The second-order valence-electron chi connectivity index (χ2n) is 5.32. The van der Waals surface area contributed by atoms with Gasteiger partial charge in [-0.2, -0.15) is 0 Å². The van der Waals surface area contributed by atoms with Crippen molar-refractivity contribution < 1.29 is 14.7 Å². The Balaban J connectivity index is 2.63. The number of hydrogen-bond acceptors (Lipinski definition) is 2. The summed E-state index contributed by atoms with van der Waals surface area (Å²) >= 11 is 3.35. The van der Waals surface area contributed by atoms with Crippen molar-refractivity contribution in [3.05, 3.63) is 28.2 Å². The summed E-state index contributed by atoms with van der Waals surface area (Å²) < 4.78 is 0.878. The molecule has 1 aromatic carbocycles. The van der Waals surface area contributed by atoms with Crippen molar-refractivity contribution in [2.45, 2.75) is 39.2 Å². The van der Waals surface area contributed by atoms with Crippen LogP contribution in [-0.4, -0.2) is 22.6 Å². The van der Waals surface area contributed by atoms with Crippen molar-refractivity contribution in [3.63, 3.8) is 0 Å². The molecule has 1 aromatic rings. The first kappa shape index (κ1) is 16.5. The van der Waals surface area contributed by atoms with Crippen molar-refractivity contribution in [3.8, 4) is 0 Å². The minimum Gasteiger partial charge on any atom is -0.481 e. The van der Waals surface area contributed by atoms with Gasteiger partial charge in [0, 0.05) is 22.1 Å². The molecule has 0 aliphatic heterocycles. The van der Waals surface area contributed by atoms with Crippen LogP contribution >= 0.6 is 15.9 Å². The van der Waals surface area contributed by atoms with Crippen molar-refractivity contribution in [2.75, 3.05) is 5.32 Å². The zero-order chi connectivity index (χ0) is 15.3. The zero-order valence-electron chi connectivity index (χ0n) is 11.8. The third-order valence-corrected chi connectivity index (χ3v) is 3.36. The number of aliphatic carboxylic acids is 1. The number of benzene rings is 1. The summed E-state index contributed by atoms with van der Waals surface area (Å²) in [4.78, 5) is 22.5. The van der Waals surface area contributed by atoms with Gasteiger partial charge in [0.15, 0.2) is 0 Å². The molecule has 0 bridgehead atoms. The van der Waals surface area contributed by atoms with Gasteiger partial charge in [0.05, 0.1) is 0 Å². The molecule has 0 aliphatic rings. The number of carbonyl (C=O) groups excluding carboxylic acids is 1. The van der Waals surface area contributed by atoms with Crippen LogP contribution in [0.3, 0.4) is 0 Å². The summed E-state index contributed by atoms with van der Waals surface area (Å²) in [5.41, 5.74) is 1.08. The lowest BCUT2D eigenvalue weighted by atomic mass is 9.99. The lowest BCUT2D eigenvalue weighted by Crippen LogP contribution is -2.45. The van der Waals surface area contributed by atoms with Crippen LogP contribution in [0.25, 0.3) is 0 Å². The molecular weight excluding hydrogens is 324 g/mol. The van der Waals surface area contributed by atoms with Gasteiger partial charge in [0.2, 0.25) is 0 Å². The molecule has 0 unspecified atom stereocenters. The number of hydrogen-bond donors (Lipinski definition) is 3. The van der Waals surface area contributed by atoms with Gasteiger partial charge in [-0.3, -0.25) is 4.79 Å². The van der Waals surface area contributed by atoms with E-state index in [-0.39, 0.29) is 12.5 Å². The summed E-state index contributed by atoms with van der Waals surface area (Å²) in [5, 5.41) is 14.2. The van der Waals surface area contributed by atoms with Crippen molar-refractivity contribution in [1.82, 2.24) is 5.32 Å². The molecule has 0 saturated carbocycles. The highest BCUT2D eigenvalue weighted by Gasteiger charge is 2.21. The van der Waals surface area contributed by atoms with E-state index in [0.717, 1.165) is 10.0 Å². The summed E-state index contributed by atoms with van der Waals surface area (Å²) in [5.74, 6) is -0.872. The number of urea groups is 1. The maximum atomic E-state index is 12.0. The molecule has 20 heavy (non-hydrogen) atoms. The Bertz CT molecular complexity index is 515. The average molecular weight is 343 g/mol. The van der Waals surface area contributed by atoms with Crippen LogP contribution in [0, 0.1) is 6.92 Å². The number of carboxylic acids is 1. The highest BCUT2D eigenvalue weighted by molar-refractivity contribution is 9.10. The van der Waals surface area contributed by atoms with Crippen LogP contribution < -0.4 is 10.6 Å². The Morgan fingerprint density at radius 3 is 2.60 bits per heavy atom. The molecule has 0 aromatic heterocycles. The molecule has 0 heterocycles. The van der Waals surface area contributed by atoms with Crippen molar-refractivity contribution >= 4 is 33.6 Å². The fourth-order valence-electron chi connectivity index (χ4n) is 1.67. The molecule has 2 amide bonds. The normalized spacial score (nSPS) is 11.0. The Kier molecular flexibility index (Phi) is 5.56. The minimum absolute atomic E-state index is 0.0171. The summed E-state index contributed by atoms with van der Waals surface area (Å²) in [6.45, 7) is 5.49.